The van der Waals surface area contributed by atoms with E-state index in [0.717, 1.165) is 27.6 Å². The van der Waals surface area contributed by atoms with Crippen LogP contribution in [-0.4, -0.2) is 35.4 Å². The Morgan fingerprint density at radius 1 is 0.765 bits per heavy atom. The third-order valence-electron chi connectivity index (χ3n) is 8.72. The number of aliphatic hydroxyl groups is 1. The molecule has 2 atom stereocenters. The van der Waals surface area contributed by atoms with Crippen molar-refractivity contribution in [3.8, 4) is 23.0 Å². The fraction of sp³-hybridized carbons (Fsp3) is 0.209. The average molecular weight is 701 g/mol. The number of aromatic nitrogens is 1. The number of pyridine rings is 1. The summed E-state index contributed by atoms with van der Waals surface area (Å²) >= 11 is 6.01. The molecule has 8 heteroatoms. The van der Waals surface area contributed by atoms with Crippen molar-refractivity contribution in [3.05, 3.63) is 155 Å². The molecule has 6 aromatic rings. The molecule has 0 saturated carbocycles. The third-order valence-corrected chi connectivity index (χ3v) is 8.97. The summed E-state index contributed by atoms with van der Waals surface area (Å²) in [4.78, 5) is 20.6. The smallest absolute Gasteiger partial charge is 0.277 e. The number of aliphatic hydroxyl groups excluding tert-OH is 1. The normalized spacial score (nSPS) is 12.7. The van der Waals surface area contributed by atoms with E-state index in [2.05, 4.69) is 37.9 Å². The van der Waals surface area contributed by atoms with E-state index < -0.39 is 12.3 Å². The lowest BCUT2D eigenvalue weighted by atomic mass is 9.87. The van der Waals surface area contributed by atoms with Crippen LogP contribution in [0.15, 0.2) is 128 Å². The van der Waals surface area contributed by atoms with Crippen LogP contribution in [0.4, 0.5) is 5.69 Å². The van der Waals surface area contributed by atoms with Crippen LogP contribution < -0.4 is 14.4 Å². The van der Waals surface area contributed by atoms with E-state index in [1.54, 1.807) is 41.4 Å². The summed E-state index contributed by atoms with van der Waals surface area (Å²) < 4.78 is 17.6. The first-order valence-corrected chi connectivity index (χ1v) is 17.2. The molecule has 5 aromatic carbocycles. The van der Waals surface area contributed by atoms with E-state index in [1.807, 2.05) is 85.8 Å². The molecule has 1 aromatic heterocycles. The Labute approximate surface area is 304 Å². The summed E-state index contributed by atoms with van der Waals surface area (Å²) in [6, 6.07) is 37.0. The van der Waals surface area contributed by atoms with Crippen molar-refractivity contribution < 1.29 is 24.1 Å². The molecule has 1 N–H and O–H groups in total. The van der Waals surface area contributed by atoms with Crippen LogP contribution in [0.3, 0.4) is 0 Å². The Morgan fingerprint density at radius 3 is 1.94 bits per heavy atom. The van der Waals surface area contributed by atoms with E-state index in [1.165, 1.54) is 12.7 Å². The number of hydrogen-bond acceptors (Lipinski definition) is 6. The molecule has 0 spiro atoms. The molecule has 0 aliphatic carbocycles. The van der Waals surface area contributed by atoms with Crippen LogP contribution in [0.2, 0.25) is 5.02 Å². The highest BCUT2D eigenvalue weighted by Crippen LogP contribution is 2.31. The Balaban J connectivity index is 1.26. The van der Waals surface area contributed by atoms with Gasteiger partial charge in [-0.1, -0.05) is 80.4 Å². The first kappa shape index (κ1) is 35.6. The minimum Gasteiger partial charge on any atom is -0.457 e. The standard InChI is InChI=1S/C43H41ClN2O5/c1-28-6-15-34(16-7-28)46(40(42(48)49-5)24-29-8-17-35(18-9-29)50-37-22-13-33(44)14-23-37)41(47)39-26-30-10-19-38(25-31(30)27-45-39)51-36-20-11-32(12-21-36)43(2,3)4/h6-23,25-27,40,42,48H,24H2,1-5H3/t40-,42?/m0/s1. The second kappa shape index (κ2) is 15.4. The van der Waals surface area contributed by atoms with Gasteiger partial charge in [-0.2, -0.15) is 0 Å². The van der Waals surface area contributed by atoms with Crippen molar-refractivity contribution in [2.45, 2.75) is 51.9 Å². The second-order valence-corrected chi connectivity index (χ2v) is 14.0. The van der Waals surface area contributed by atoms with Crippen molar-refractivity contribution in [3.63, 3.8) is 0 Å². The maximum atomic E-state index is 14.5. The summed E-state index contributed by atoms with van der Waals surface area (Å²) in [5.74, 6) is 2.34. The highest BCUT2D eigenvalue weighted by molar-refractivity contribution is 6.30. The van der Waals surface area contributed by atoms with Crippen LogP contribution >= 0.6 is 11.6 Å². The fourth-order valence-corrected chi connectivity index (χ4v) is 5.92. The van der Waals surface area contributed by atoms with Crippen LogP contribution in [-0.2, 0) is 16.6 Å². The van der Waals surface area contributed by atoms with Gasteiger partial charge >= 0.3 is 0 Å². The number of aryl methyl sites for hydroxylation is 1. The first-order chi connectivity index (χ1) is 24.5. The van der Waals surface area contributed by atoms with Crippen LogP contribution in [0, 0.1) is 6.92 Å². The molecule has 7 nitrogen and oxygen atoms in total. The number of nitrogens with zero attached hydrogens (tertiary/aromatic N) is 2. The second-order valence-electron chi connectivity index (χ2n) is 13.6. The Hall–Kier alpha value is -5.21. The molecule has 0 aliphatic heterocycles. The van der Waals surface area contributed by atoms with Crippen molar-refractivity contribution in [2.75, 3.05) is 12.0 Å². The van der Waals surface area contributed by atoms with Gasteiger partial charge in [-0.05, 0) is 114 Å². The molecule has 0 aliphatic rings. The van der Waals surface area contributed by atoms with E-state index in [0.29, 0.717) is 34.4 Å². The molecule has 6 rings (SSSR count). The number of halogens is 1. The zero-order chi connectivity index (χ0) is 36.1. The predicted octanol–water partition coefficient (Wildman–Crippen LogP) is 10.3. The molecule has 260 valence electrons. The van der Waals surface area contributed by atoms with Gasteiger partial charge in [0.1, 0.15) is 28.7 Å². The number of amides is 1. The van der Waals surface area contributed by atoms with Gasteiger partial charge in [0.15, 0.2) is 6.29 Å². The number of rotatable bonds is 11. The van der Waals surface area contributed by atoms with Crippen LogP contribution in [0.5, 0.6) is 23.0 Å². The molecule has 51 heavy (non-hydrogen) atoms. The Morgan fingerprint density at radius 2 is 1.33 bits per heavy atom. The summed E-state index contributed by atoms with van der Waals surface area (Å²) in [6.45, 7) is 8.51. The van der Waals surface area contributed by atoms with Crippen molar-refractivity contribution in [1.82, 2.24) is 4.98 Å². The maximum absolute atomic E-state index is 14.5. The van der Waals surface area contributed by atoms with Crippen molar-refractivity contribution in [1.29, 1.82) is 0 Å². The predicted molar refractivity (Wildman–Crippen MR) is 203 cm³/mol. The zero-order valence-corrected chi connectivity index (χ0v) is 30.1. The summed E-state index contributed by atoms with van der Waals surface area (Å²) in [7, 11) is 1.42. The van der Waals surface area contributed by atoms with Gasteiger partial charge < -0.3 is 19.3 Å². The molecular formula is C43H41ClN2O5. The Kier molecular flexibility index (Phi) is 10.7. The monoisotopic (exact) mass is 700 g/mol. The van der Waals surface area contributed by atoms with Gasteiger partial charge in [0.2, 0.25) is 0 Å². The molecule has 0 radical (unpaired) electrons. The van der Waals surface area contributed by atoms with Crippen molar-refractivity contribution in [2.24, 2.45) is 0 Å². The first-order valence-electron chi connectivity index (χ1n) is 16.8. The summed E-state index contributed by atoms with van der Waals surface area (Å²) in [6.07, 6.45) is 0.672. The lowest BCUT2D eigenvalue weighted by Crippen LogP contribution is -2.49. The van der Waals surface area contributed by atoms with E-state index in [4.69, 9.17) is 25.8 Å². The van der Waals surface area contributed by atoms with Crippen LogP contribution in [0.1, 0.15) is 48.0 Å². The molecular weight excluding hydrogens is 660 g/mol. The number of hydrogen-bond donors (Lipinski definition) is 1. The lowest BCUT2D eigenvalue weighted by molar-refractivity contribution is -0.0893. The highest BCUT2D eigenvalue weighted by Gasteiger charge is 2.33. The summed E-state index contributed by atoms with van der Waals surface area (Å²) in [5.41, 5.74) is 4.04. The van der Waals surface area contributed by atoms with Crippen molar-refractivity contribution >= 4 is 34.0 Å². The minimum atomic E-state index is -1.29. The third kappa shape index (κ3) is 8.75. The lowest BCUT2D eigenvalue weighted by Gasteiger charge is -2.34. The van der Waals surface area contributed by atoms with Gasteiger partial charge in [0.25, 0.3) is 5.91 Å². The van der Waals surface area contributed by atoms with Gasteiger partial charge in [-0.25, -0.2) is 0 Å². The van der Waals surface area contributed by atoms with Gasteiger partial charge in [0, 0.05) is 29.4 Å². The number of carbonyl (C=O) groups is 1. The number of fused-ring (bicyclic) bond motifs is 1. The van der Waals surface area contributed by atoms with Crippen LogP contribution in [0.25, 0.3) is 10.8 Å². The van der Waals surface area contributed by atoms with Gasteiger partial charge in [-0.15, -0.1) is 0 Å². The molecule has 1 heterocycles. The number of carbonyl (C=O) groups excluding carboxylic acids is 1. The number of ether oxygens (including phenoxy) is 3. The molecule has 0 fully saturated rings. The number of anilines is 1. The zero-order valence-electron chi connectivity index (χ0n) is 29.3. The minimum absolute atomic E-state index is 0.0545. The number of methoxy groups -OCH3 is 1. The maximum Gasteiger partial charge on any atom is 0.277 e. The molecule has 1 amide bonds. The number of benzene rings is 5. The summed E-state index contributed by atoms with van der Waals surface area (Å²) in [5, 5.41) is 13.5. The average Bonchev–Trinajstić information content (AvgIpc) is 3.13. The highest BCUT2D eigenvalue weighted by atomic mass is 35.5. The largest absolute Gasteiger partial charge is 0.457 e. The fourth-order valence-electron chi connectivity index (χ4n) is 5.80. The molecule has 1 unspecified atom stereocenters. The quantitative estimate of drug-likeness (QED) is 0.136. The van der Waals surface area contributed by atoms with Gasteiger partial charge in [0.05, 0.1) is 6.04 Å². The Bertz CT molecular complexity index is 2090. The molecule has 0 bridgehead atoms. The van der Waals surface area contributed by atoms with Gasteiger partial charge in [-0.3, -0.25) is 14.7 Å². The molecule has 0 saturated heterocycles. The van der Waals surface area contributed by atoms with E-state index in [9.17, 15) is 9.90 Å². The van der Waals surface area contributed by atoms with E-state index in [-0.39, 0.29) is 17.0 Å². The topological polar surface area (TPSA) is 81.1 Å². The van der Waals surface area contributed by atoms with E-state index >= 15 is 0 Å². The SMILES string of the molecule is COC(O)[C@H](Cc1ccc(Oc2ccc(Cl)cc2)cc1)N(C(=O)c1cc2ccc(Oc3ccc(C(C)(C)C)cc3)cc2cn1)c1ccc(C)cc1.